The van der Waals surface area contributed by atoms with E-state index in [0.717, 1.165) is 19.4 Å². The lowest BCUT2D eigenvalue weighted by Gasteiger charge is -2.11. The van der Waals surface area contributed by atoms with Crippen LogP contribution in [0.1, 0.15) is 36.5 Å². The summed E-state index contributed by atoms with van der Waals surface area (Å²) in [5, 5.41) is 0. The minimum absolute atomic E-state index is 0.123. The maximum Gasteiger partial charge on any atom is 0.240 e. The summed E-state index contributed by atoms with van der Waals surface area (Å²) < 4.78 is 32.2. The van der Waals surface area contributed by atoms with Gasteiger partial charge in [-0.25, -0.2) is 13.1 Å². The highest BCUT2D eigenvalue weighted by molar-refractivity contribution is 7.89. The quantitative estimate of drug-likeness (QED) is 0.812. The highest BCUT2D eigenvalue weighted by Crippen LogP contribution is 2.16. The Balaban J connectivity index is 1.98. The van der Waals surface area contributed by atoms with Gasteiger partial charge in [0.1, 0.15) is 0 Å². The molecule has 0 bridgehead atoms. The van der Waals surface area contributed by atoms with E-state index in [-0.39, 0.29) is 16.8 Å². The van der Waals surface area contributed by atoms with E-state index in [1.807, 2.05) is 0 Å². The Kier molecular flexibility index (Phi) is 4.91. The molecule has 5 nitrogen and oxygen atoms in total. The SMILES string of the molecule is CC(=O)c1cccc(S(=O)(=O)NCCC2CCCO2)c1. The molecule has 1 saturated heterocycles. The molecule has 1 aliphatic heterocycles. The van der Waals surface area contributed by atoms with Gasteiger partial charge in [-0.3, -0.25) is 4.79 Å². The number of hydrogen-bond donors (Lipinski definition) is 1. The number of sulfonamides is 1. The number of rotatable bonds is 6. The second kappa shape index (κ2) is 6.47. The molecule has 0 aliphatic carbocycles. The molecule has 0 amide bonds. The van der Waals surface area contributed by atoms with Crippen molar-refractivity contribution in [2.45, 2.75) is 37.2 Å². The van der Waals surface area contributed by atoms with Crippen LogP contribution in [0.5, 0.6) is 0 Å². The zero-order valence-electron chi connectivity index (χ0n) is 11.5. The van der Waals surface area contributed by atoms with Crippen LogP contribution in [0.3, 0.4) is 0 Å². The summed E-state index contributed by atoms with van der Waals surface area (Å²) in [7, 11) is -3.57. The molecule has 0 spiro atoms. The van der Waals surface area contributed by atoms with Gasteiger partial charge in [0.25, 0.3) is 0 Å². The third kappa shape index (κ3) is 3.88. The van der Waals surface area contributed by atoms with Crippen molar-refractivity contribution >= 4 is 15.8 Å². The monoisotopic (exact) mass is 297 g/mol. The van der Waals surface area contributed by atoms with E-state index < -0.39 is 10.0 Å². The first-order valence-corrected chi connectivity index (χ1v) is 8.19. The van der Waals surface area contributed by atoms with Gasteiger partial charge in [0.2, 0.25) is 10.0 Å². The number of carbonyl (C=O) groups excluding carboxylic acids is 1. The number of Topliss-reactive ketones (excluding diaryl/α,β-unsaturated/α-hetero) is 1. The van der Waals surface area contributed by atoms with Gasteiger partial charge in [-0.1, -0.05) is 12.1 Å². The molecule has 0 aromatic heterocycles. The van der Waals surface area contributed by atoms with E-state index in [4.69, 9.17) is 4.74 Å². The summed E-state index contributed by atoms with van der Waals surface area (Å²) in [4.78, 5) is 11.4. The molecule has 110 valence electrons. The predicted molar refractivity (Wildman–Crippen MR) is 75.2 cm³/mol. The summed E-state index contributed by atoms with van der Waals surface area (Å²) in [6.45, 7) is 2.52. The molecule has 1 atom stereocenters. The van der Waals surface area contributed by atoms with Crippen LogP contribution >= 0.6 is 0 Å². The van der Waals surface area contributed by atoms with Crippen molar-refractivity contribution in [2.75, 3.05) is 13.2 Å². The van der Waals surface area contributed by atoms with Crippen molar-refractivity contribution in [3.8, 4) is 0 Å². The zero-order valence-corrected chi connectivity index (χ0v) is 12.3. The molecule has 1 aromatic carbocycles. The average Bonchev–Trinajstić information content (AvgIpc) is 2.92. The third-order valence-electron chi connectivity index (χ3n) is 3.33. The normalized spacial score (nSPS) is 19.1. The van der Waals surface area contributed by atoms with Crippen LogP contribution in [0.4, 0.5) is 0 Å². The van der Waals surface area contributed by atoms with E-state index in [2.05, 4.69) is 4.72 Å². The molecule has 6 heteroatoms. The molecule has 1 aliphatic rings. The standard InChI is InChI=1S/C14H19NO4S/c1-11(16)12-4-2-6-14(10-12)20(17,18)15-8-7-13-5-3-9-19-13/h2,4,6,10,13,15H,3,5,7-9H2,1H3. The fourth-order valence-corrected chi connectivity index (χ4v) is 3.28. The van der Waals surface area contributed by atoms with Gasteiger partial charge in [-0.05, 0) is 38.3 Å². The minimum atomic E-state index is -3.57. The van der Waals surface area contributed by atoms with E-state index in [9.17, 15) is 13.2 Å². The van der Waals surface area contributed by atoms with Crippen molar-refractivity contribution in [3.63, 3.8) is 0 Å². The maximum atomic E-state index is 12.1. The first kappa shape index (κ1) is 15.2. The van der Waals surface area contributed by atoms with Gasteiger partial charge in [-0.15, -0.1) is 0 Å². The van der Waals surface area contributed by atoms with Crippen LogP contribution in [0.2, 0.25) is 0 Å². The van der Waals surface area contributed by atoms with Crippen molar-refractivity contribution in [1.82, 2.24) is 4.72 Å². The summed E-state index contributed by atoms with van der Waals surface area (Å²) in [5.41, 5.74) is 0.395. The van der Waals surface area contributed by atoms with Crippen molar-refractivity contribution in [1.29, 1.82) is 0 Å². The van der Waals surface area contributed by atoms with Crippen molar-refractivity contribution < 1.29 is 17.9 Å². The minimum Gasteiger partial charge on any atom is -0.378 e. The first-order valence-electron chi connectivity index (χ1n) is 6.71. The van der Waals surface area contributed by atoms with Crippen LogP contribution in [0, 0.1) is 0 Å². The fraction of sp³-hybridized carbons (Fsp3) is 0.500. The van der Waals surface area contributed by atoms with Gasteiger partial charge in [0.15, 0.2) is 5.78 Å². The van der Waals surface area contributed by atoms with E-state index >= 15 is 0 Å². The van der Waals surface area contributed by atoms with Crippen molar-refractivity contribution in [3.05, 3.63) is 29.8 Å². The van der Waals surface area contributed by atoms with Crippen LogP contribution in [-0.2, 0) is 14.8 Å². The van der Waals surface area contributed by atoms with Gasteiger partial charge in [0.05, 0.1) is 11.0 Å². The van der Waals surface area contributed by atoms with Crippen molar-refractivity contribution in [2.24, 2.45) is 0 Å². The van der Waals surface area contributed by atoms with E-state index in [1.165, 1.54) is 19.1 Å². The van der Waals surface area contributed by atoms with Crippen LogP contribution < -0.4 is 4.72 Å². The van der Waals surface area contributed by atoms with Gasteiger partial charge in [0, 0.05) is 18.7 Å². The second-order valence-corrected chi connectivity index (χ2v) is 6.67. The maximum absolute atomic E-state index is 12.1. The molecule has 1 aromatic rings. The Labute approximate surface area is 119 Å². The zero-order chi connectivity index (χ0) is 14.6. The molecule has 1 heterocycles. The number of benzene rings is 1. The Bertz CT molecular complexity index is 577. The van der Waals surface area contributed by atoms with E-state index in [1.54, 1.807) is 12.1 Å². The lowest BCUT2D eigenvalue weighted by molar-refractivity contribution is 0.101. The molecule has 0 saturated carbocycles. The summed E-state index contributed by atoms with van der Waals surface area (Å²) in [6, 6.07) is 6.07. The Morgan fingerprint density at radius 1 is 1.45 bits per heavy atom. The van der Waals surface area contributed by atoms with Gasteiger partial charge in [-0.2, -0.15) is 0 Å². The second-order valence-electron chi connectivity index (χ2n) is 4.91. The van der Waals surface area contributed by atoms with Crippen LogP contribution in [-0.4, -0.2) is 33.5 Å². The lowest BCUT2D eigenvalue weighted by Crippen LogP contribution is -2.27. The molecule has 1 unspecified atom stereocenters. The molecule has 2 rings (SSSR count). The number of ether oxygens (including phenoxy) is 1. The fourth-order valence-electron chi connectivity index (χ4n) is 2.19. The molecule has 1 N–H and O–H groups in total. The molecular weight excluding hydrogens is 278 g/mol. The highest BCUT2D eigenvalue weighted by atomic mass is 32.2. The first-order chi connectivity index (χ1) is 9.49. The number of ketones is 1. The highest BCUT2D eigenvalue weighted by Gasteiger charge is 2.18. The van der Waals surface area contributed by atoms with Gasteiger partial charge >= 0.3 is 0 Å². The average molecular weight is 297 g/mol. The smallest absolute Gasteiger partial charge is 0.240 e. The molecular formula is C14H19NO4S. The lowest BCUT2D eigenvalue weighted by atomic mass is 10.2. The molecule has 1 fully saturated rings. The largest absolute Gasteiger partial charge is 0.378 e. The summed E-state index contributed by atoms with van der Waals surface area (Å²) in [5.74, 6) is -0.151. The number of carbonyl (C=O) groups is 1. The van der Waals surface area contributed by atoms with Crippen LogP contribution in [0.25, 0.3) is 0 Å². The van der Waals surface area contributed by atoms with E-state index in [0.29, 0.717) is 18.5 Å². The summed E-state index contributed by atoms with van der Waals surface area (Å²) in [6.07, 6.45) is 2.85. The van der Waals surface area contributed by atoms with Crippen LogP contribution in [0.15, 0.2) is 29.2 Å². The predicted octanol–water partition coefficient (Wildman–Crippen LogP) is 1.74. The summed E-state index contributed by atoms with van der Waals surface area (Å²) >= 11 is 0. The molecule has 0 radical (unpaired) electrons. The number of nitrogens with one attached hydrogen (secondary N) is 1. The topological polar surface area (TPSA) is 72.5 Å². The van der Waals surface area contributed by atoms with Gasteiger partial charge < -0.3 is 4.74 Å². The molecule has 20 heavy (non-hydrogen) atoms. The Morgan fingerprint density at radius 3 is 2.90 bits per heavy atom. The Morgan fingerprint density at radius 2 is 2.25 bits per heavy atom. The third-order valence-corrected chi connectivity index (χ3v) is 4.79. The Hall–Kier alpha value is -1.24. The number of hydrogen-bond acceptors (Lipinski definition) is 4.